The number of hydrogen-bond acceptors (Lipinski definition) is 5. The van der Waals surface area contributed by atoms with E-state index >= 15 is 0 Å². The Morgan fingerprint density at radius 1 is 0.939 bits per heavy atom. The molecule has 3 rings (SSSR count). The number of anilines is 2. The van der Waals surface area contributed by atoms with Crippen LogP contribution in [0.5, 0.6) is 0 Å². The highest BCUT2D eigenvalue weighted by Gasteiger charge is 2.21. The molecule has 8 nitrogen and oxygen atoms in total. The van der Waals surface area contributed by atoms with Crippen LogP contribution in [0.2, 0.25) is 0 Å². The van der Waals surface area contributed by atoms with E-state index in [1.165, 1.54) is 6.20 Å². The normalized spacial score (nSPS) is 11.1. The van der Waals surface area contributed by atoms with Crippen LogP contribution in [0.4, 0.5) is 11.4 Å². The van der Waals surface area contributed by atoms with Crippen LogP contribution in [0.3, 0.4) is 0 Å². The van der Waals surface area contributed by atoms with E-state index in [9.17, 15) is 14.4 Å². The zero-order valence-electron chi connectivity index (χ0n) is 19.4. The van der Waals surface area contributed by atoms with Gasteiger partial charge in [0, 0.05) is 22.4 Å². The molecule has 0 fully saturated rings. The summed E-state index contributed by atoms with van der Waals surface area (Å²) in [6, 6.07) is 13.8. The van der Waals surface area contributed by atoms with E-state index in [1.807, 2.05) is 20.8 Å². The highest BCUT2D eigenvalue weighted by molar-refractivity contribution is 6.04. The van der Waals surface area contributed by atoms with Crippen LogP contribution in [-0.4, -0.2) is 34.2 Å². The Bertz CT molecular complexity index is 1160. The van der Waals surface area contributed by atoms with Crippen LogP contribution in [0.25, 0.3) is 5.69 Å². The standard InChI is InChI=1S/C25H28N4O4/c1-6-33-23(31)21-15-26-29(16(21)2)20-13-7-17(8-14-20)22(30)27-18-9-11-19(12-10-18)28-24(32)25(3,4)5/h7-15H,6H2,1-5H3,(H,27,30)(H,28,32). The molecule has 0 saturated heterocycles. The smallest absolute Gasteiger partial charge is 0.341 e. The van der Waals surface area contributed by atoms with Crippen molar-refractivity contribution in [1.29, 1.82) is 0 Å². The van der Waals surface area contributed by atoms with Crippen LogP contribution in [0, 0.1) is 12.3 Å². The van der Waals surface area contributed by atoms with Crippen molar-refractivity contribution >= 4 is 29.2 Å². The molecule has 1 aromatic heterocycles. The zero-order valence-corrected chi connectivity index (χ0v) is 19.4. The van der Waals surface area contributed by atoms with Gasteiger partial charge in [-0.25, -0.2) is 9.48 Å². The number of esters is 1. The van der Waals surface area contributed by atoms with Crippen LogP contribution in [-0.2, 0) is 9.53 Å². The minimum atomic E-state index is -0.492. The minimum absolute atomic E-state index is 0.0822. The SMILES string of the molecule is CCOC(=O)c1cnn(-c2ccc(C(=O)Nc3ccc(NC(=O)C(C)(C)C)cc3)cc2)c1C. The molecule has 0 bridgehead atoms. The van der Waals surface area contributed by atoms with E-state index in [0.717, 1.165) is 5.69 Å². The number of nitrogens with zero attached hydrogens (tertiary/aromatic N) is 2. The number of amides is 2. The number of carbonyl (C=O) groups is 3. The van der Waals surface area contributed by atoms with E-state index in [2.05, 4.69) is 15.7 Å². The van der Waals surface area contributed by atoms with Crippen LogP contribution >= 0.6 is 0 Å². The van der Waals surface area contributed by atoms with E-state index in [-0.39, 0.29) is 11.8 Å². The number of nitrogens with one attached hydrogen (secondary N) is 2. The number of rotatable bonds is 6. The van der Waals surface area contributed by atoms with Gasteiger partial charge in [0.15, 0.2) is 0 Å². The van der Waals surface area contributed by atoms with E-state index < -0.39 is 11.4 Å². The second-order valence-corrected chi connectivity index (χ2v) is 8.56. The Labute approximate surface area is 193 Å². The van der Waals surface area contributed by atoms with Gasteiger partial charge < -0.3 is 15.4 Å². The second-order valence-electron chi connectivity index (χ2n) is 8.56. The molecule has 0 atom stereocenters. The van der Waals surface area contributed by atoms with Crippen molar-refractivity contribution in [2.45, 2.75) is 34.6 Å². The predicted molar refractivity (Wildman–Crippen MR) is 127 cm³/mol. The third-order valence-electron chi connectivity index (χ3n) is 4.96. The highest BCUT2D eigenvalue weighted by atomic mass is 16.5. The molecule has 0 spiro atoms. The molecule has 1 heterocycles. The van der Waals surface area contributed by atoms with Crippen LogP contribution < -0.4 is 10.6 Å². The Morgan fingerprint density at radius 2 is 1.52 bits per heavy atom. The largest absolute Gasteiger partial charge is 0.462 e. The summed E-state index contributed by atoms with van der Waals surface area (Å²) in [6.45, 7) is 9.36. The first-order valence-corrected chi connectivity index (χ1v) is 10.6. The maximum atomic E-state index is 12.6. The van der Waals surface area contributed by atoms with E-state index in [4.69, 9.17) is 4.74 Å². The molecule has 0 radical (unpaired) electrons. The summed E-state index contributed by atoms with van der Waals surface area (Å²) in [5.41, 5.74) is 3.03. The fraction of sp³-hybridized carbons (Fsp3) is 0.280. The number of ether oxygens (including phenoxy) is 1. The summed E-state index contributed by atoms with van der Waals surface area (Å²) < 4.78 is 6.66. The zero-order chi connectivity index (χ0) is 24.2. The molecule has 0 saturated carbocycles. The van der Waals surface area contributed by atoms with Crippen molar-refractivity contribution in [3.8, 4) is 5.69 Å². The molecule has 2 amide bonds. The van der Waals surface area contributed by atoms with Gasteiger partial charge in [0.05, 0.1) is 24.2 Å². The number of benzene rings is 2. The molecule has 33 heavy (non-hydrogen) atoms. The van der Waals surface area contributed by atoms with Crippen molar-refractivity contribution in [2.75, 3.05) is 17.2 Å². The Balaban J connectivity index is 1.66. The van der Waals surface area contributed by atoms with Gasteiger partial charge in [-0.3, -0.25) is 9.59 Å². The third kappa shape index (κ3) is 5.65. The molecular weight excluding hydrogens is 420 g/mol. The first-order chi connectivity index (χ1) is 15.6. The first kappa shape index (κ1) is 23.7. The van der Waals surface area contributed by atoms with Gasteiger partial charge in [-0.1, -0.05) is 20.8 Å². The maximum absolute atomic E-state index is 12.6. The van der Waals surface area contributed by atoms with E-state index in [0.29, 0.717) is 34.8 Å². The number of carbonyl (C=O) groups excluding carboxylic acids is 3. The highest BCUT2D eigenvalue weighted by Crippen LogP contribution is 2.20. The van der Waals surface area contributed by atoms with Gasteiger partial charge in [-0.2, -0.15) is 5.10 Å². The number of hydrogen-bond donors (Lipinski definition) is 2. The van der Waals surface area contributed by atoms with Crippen LogP contribution in [0.1, 0.15) is 54.1 Å². The minimum Gasteiger partial charge on any atom is -0.462 e. The fourth-order valence-electron chi connectivity index (χ4n) is 2.99. The molecule has 0 aliphatic rings. The average molecular weight is 449 g/mol. The van der Waals surface area contributed by atoms with Crippen molar-refractivity contribution < 1.29 is 19.1 Å². The summed E-state index contributed by atoms with van der Waals surface area (Å²) in [5.74, 6) is -0.764. The first-order valence-electron chi connectivity index (χ1n) is 10.6. The predicted octanol–water partition coefficient (Wildman–Crippen LogP) is 4.59. The summed E-state index contributed by atoms with van der Waals surface area (Å²) in [5, 5.41) is 9.95. The Morgan fingerprint density at radius 3 is 2.06 bits per heavy atom. The Hall–Kier alpha value is -3.94. The van der Waals surface area contributed by atoms with Crippen LogP contribution in [0.15, 0.2) is 54.7 Å². The lowest BCUT2D eigenvalue weighted by molar-refractivity contribution is -0.123. The molecule has 2 N–H and O–H groups in total. The van der Waals surface area contributed by atoms with Gasteiger partial charge in [-0.05, 0) is 62.4 Å². The molecule has 8 heteroatoms. The van der Waals surface area contributed by atoms with Gasteiger partial charge in [-0.15, -0.1) is 0 Å². The molecule has 172 valence electrons. The number of aromatic nitrogens is 2. The van der Waals surface area contributed by atoms with Gasteiger partial charge in [0.2, 0.25) is 5.91 Å². The molecule has 0 unspecified atom stereocenters. The summed E-state index contributed by atoms with van der Waals surface area (Å²) in [4.78, 5) is 36.7. The van der Waals surface area contributed by atoms with Crippen molar-refractivity contribution in [3.63, 3.8) is 0 Å². The topological polar surface area (TPSA) is 102 Å². The molecule has 2 aromatic carbocycles. The molecular formula is C25H28N4O4. The van der Waals surface area contributed by atoms with Crippen molar-refractivity contribution in [3.05, 3.63) is 71.5 Å². The van der Waals surface area contributed by atoms with Gasteiger partial charge in [0.25, 0.3) is 5.91 Å². The monoisotopic (exact) mass is 448 g/mol. The van der Waals surface area contributed by atoms with E-state index in [1.54, 1.807) is 67.1 Å². The molecule has 3 aromatic rings. The maximum Gasteiger partial charge on any atom is 0.341 e. The summed E-state index contributed by atoms with van der Waals surface area (Å²) in [7, 11) is 0. The lowest BCUT2D eigenvalue weighted by Crippen LogP contribution is -2.27. The molecule has 0 aliphatic carbocycles. The van der Waals surface area contributed by atoms with Crippen molar-refractivity contribution in [1.82, 2.24) is 9.78 Å². The lowest BCUT2D eigenvalue weighted by atomic mass is 9.95. The average Bonchev–Trinajstić information content (AvgIpc) is 3.16. The van der Waals surface area contributed by atoms with Gasteiger partial charge in [0.1, 0.15) is 5.56 Å². The molecule has 0 aliphatic heterocycles. The third-order valence-corrected chi connectivity index (χ3v) is 4.96. The van der Waals surface area contributed by atoms with Gasteiger partial charge >= 0.3 is 5.97 Å². The Kier molecular flexibility index (Phi) is 6.96. The lowest BCUT2D eigenvalue weighted by Gasteiger charge is -2.17. The quantitative estimate of drug-likeness (QED) is 0.537. The second kappa shape index (κ2) is 9.68. The summed E-state index contributed by atoms with van der Waals surface area (Å²) >= 11 is 0. The fourth-order valence-corrected chi connectivity index (χ4v) is 2.99. The van der Waals surface area contributed by atoms with Crippen molar-refractivity contribution in [2.24, 2.45) is 5.41 Å². The summed E-state index contributed by atoms with van der Waals surface area (Å²) in [6.07, 6.45) is 1.47.